The lowest BCUT2D eigenvalue weighted by Crippen LogP contribution is -2.26. The van der Waals surface area contributed by atoms with Crippen LogP contribution in [-0.4, -0.2) is 28.9 Å². The Morgan fingerprint density at radius 1 is 1.42 bits per heavy atom. The molecule has 3 heterocycles. The minimum Gasteiger partial charge on any atom is -0.342 e. The van der Waals surface area contributed by atoms with E-state index in [-0.39, 0.29) is 5.91 Å². The monoisotopic (exact) mass is 356 g/mol. The highest BCUT2D eigenvalue weighted by Crippen LogP contribution is 2.34. The van der Waals surface area contributed by atoms with E-state index in [1.807, 2.05) is 11.0 Å². The quantitative estimate of drug-likeness (QED) is 0.834. The maximum Gasteiger partial charge on any atom is 0.222 e. The molecule has 3 nitrogen and oxygen atoms in total. The summed E-state index contributed by atoms with van der Waals surface area (Å²) in [4.78, 5) is 19.3. The first-order valence-corrected chi connectivity index (χ1v) is 8.75. The Hall–Kier alpha value is -0.720. The van der Waals surface area contributed by atoms with Crippen LogP contribution < -0.4 is 0 Å². The van der Waals surface area contributed by atoms with Crippen molar-refractivity contribution in [3.05, 3.63) is 26.3 Å². The summed E-state index contributed by atoms with van der Waals surface area (Å²) in [7, 11) is 0. The normalized spacial score (nSPS) is 15.4. The van der Waals surface area contributed by atoms with Gasteiger partial charge >= 0.3 is 0 Å². The third-order valence-corrected chi connectivity index (χ3v) is 5.94. The molecule has 1 aliphatic heterocycles. The summed E-state index contributed by atoms with van der Waals surface area (Å²) >= 11 is 6.91. The first kappa shape index (κ1) is 13.3. The Kier molecular flexibility index (Phi) is 4.00. The lowest BCUT2D eigenvalue weighted by molar-refractivity contribution is -0.127. The van der Waals surface area contributed by atoms with E-state index < -0.39 is 0 Å². The van der Waals surface area contributed by atoms with Gasteiger partial charge in [-0.2, -0.15) is 0 Å². The Morgan fingerprint density at radius 3 is 3.00 bits per heavy atom. The van der Waals surface area contributed by atoms with Crippen LogP contribution in [0.2, 0.25) is 0 Å². The molecular formula is C13H13BrN2OS2. The van der Waals surface area contributed by atoms with Crippen molar-refractivity contribution < 1.29 is 4.79 Å². The number of likely N-dealkylation sites (tertiary alicyclic amines) is 1. The molecule has 1 fully saturated rings. The van der Waals surface area contributed by atoms with Gasteiger partial charge in [0, 0.05) is 35.8 Å². The molecule has 100 valence electrons. The van der Waals surface area contributed by atoms with Crippen LogP contribution >= 0.6 is 38.6 Å². The minimum atomic E-state index is 0.290. The zero-order valence-corrected chi connectivity index (χ0v) is 13.5. The zero-order valence-electron chi connectivity index (χ0n) is 10.3. The second-order valence-electron chi connectivity index (χ2n) is 4.46. The number of nitrogens with zero attached hydrogens (tertiary/aromatic N) is 2. The van der Waals surface area contributed by atoms with Gasteiger partial charge in [-0.05, 0) is 33.8 Å². The van der Waals surface area contributed by atoms with Gasteiger partial charge in [-0.3, -0.25) is 4.79 Å². The molecule has 0 saturated carbocycles. The molecule has 1 amide bonds. The molecule has 6 heteroatoms. The largest absolute Gasteiger partial charge is 0.342 e. The molecule has 0 N–H and O–H groups in total. The van der Waals surface area contributed by atoms with E-state index in [1.165, 1.54) is 4.88 Å². The molecule has 1 aliphatic rings. The number of carbonyl (C=O) groups is 1. The third kappa shape index (κ3) is 2.90. The molecule has 0 unspecified atom stereocenters. The lowest BCUT2D eigenvalue weighted by atomic mass is 10.3. The smallest absolute Gasteiger partial charge is 0.222 e. The molecule has 0 spiro atoms. The molecule has 3 rings (SSSR count). The average molecular weight is 357 g/mol. The van der Waals surface area contributed by atoms with Gasteiger partial charge in [-0.1, -0.05) is 0 Å². The average Bonchev–Trinajstić information content (AvgIpc) is 3.08. The molecule has 0 atom stereocenters. The van der Waals surface area contributed by atoms with Crippen LogP contribution in [0.1, 0.15) is 17.8 Å². The highest BCUT2D eigenvalue weighted by atomic mass is 79.9. The van der Waals surface area contributed by atoms with Gasteiger partial charge in [-0.25, -0.2) is 4.98 Å². The predicted octanol–water partition coefficient (Wildman–Crippen LogP) is 3.80. The van der Waals surface area contributed by atoms with E-state index >= 15 is 0 Å². The fraction of sp³-hybridized carbons (Fsp3) is 0.385. The van der Waals surface area contributed by atoms with Crippen LogP contribution in [0.15, 0.2) is 21.3 Å². The Labute approximate surface area is 128 Å². The highest BCUT2D eigenvalue weighted by Gasteiger charge is 2.20. The molecule has 1 saturated heterocycles. The number of aromatic nitrogens is 1. The topological polar surface area (TPSA) is 33.2 Å². The number of carbonyl (C=O) groups excluding carboxylic acids is 1. The number of amides is 1. The van der Waals surface area contributed by atoms with Crippen molar-refractivity contribution in [2.24, 2.45) is 0 Å². The van der Waals surface area contributed by atoms with Gasteiger partial charge in [0.15, 0.2) is 0 Å². The number of halogens is 1. The number of thiazole rings is 1. The first-order chi connectivity index (χ1) is 9.24. The highest BCUT2D eigenvalue weighted by molar-refractivity contribution is 9.10. The summed E-state index contributed by atoms with van der Waals surface area (Å²) < 4.78 is 1.10. The minimum absolute atomic E-state index is 0.290. The second kappa shape index (κ2) is 5.73. The van der Waals surface area contributed by atoms with Crippen molar-refractivity contribution in [1.82, 2.24) is 9.88 Å². The van der Waals surface area contributed by atoms with Gasteiger partial charge < -0.3 is 4.90 Å². The summed E-state index contributed by atoms with van der Waals surface area (Å²) in [5.74, 6) is 0.290. The summed E-state index contributed by atoms with van der Waals surface area (Å²) in [6, 6.07) is 2.04. The molecule has 2 aromatic rings. The molecule has 0 bridgehead atoms. The Balaban J connectivity index is 1.65. The van der Waals surface area contributed by atoms with Crippen molar-refractivity contribution in [3.8, 4) is 10.6 Å². The van der Waals surface area contributed by atoms with Crippen LogP contribution in [-0.2, 0) is 11.2 Å². The van der Waals surface area contributed by atoms with Crippen LogP contribution in [0.5, 0.6) is 0 Å². The van der Waals surface area contributed by atoms with Gasteiger partial charge in [0.25, 0.3) is 0 Å². The summed E-state index contributed by atoms with van der Waals surface area (Å²) in [5.41, 5.74) is 1.04. The standard InChI is InChI=1S/C13H13BrN2OS2/c14-9-4-7-18-13(9)10-8-19-11(15-10)3-6-16-5-1-2-12(16)17/h4,7-8H,1-3,5-6H2. The van der Waals surface area contributed by atoms with Crippen molar-refractivity contribution in [2.75, 3.05) is 13.1 Å². The van der Waals surface area contributed by atoms with E-state index in [4.69, 9.17) is 0 Å². The fourth-order valence-corrected chi connectivity index (χ4v) is 4.57. The number of thiophene rings is 1. The molecular weight excluding hydrogens is 344 g/mol. The van der Waals surface area contributed by atoms with Crippen molar-refractivity contribution in [2.45, 2.75) is 19.3 Å². The van der Waals surface area contributed by atoms with Crippen molar-refractivity contribution >= 4 is 44.5 Å². The van der Waals surface area contributed by atoms with Gasteiger partial charge in [0.1, 0.15) is 0 Å². The van der Waals surface area contributed by atoms with Crippen LogP contribution in [0, 0.1) is 0 Å². The predicted molar refractivity (Wildman–Crippen MR) is 82.6 cm³/mol. The maximum atomic E-state index is 11.5. The summed E-state index contributed by atoms with van der Waals surface area (Å²) in [6.07, 6.45) is 2.58. The van der Waals surface area contributed by atoms with Gasteiger partial charge in [0.05, 0.1) is 15.6 Å². The van der Waals surface area contributed by atoms with E-state index in [0.29, 0.717) is 6.42 Å². The number of hydrogen-bond acceptors (Lipinski definition) is 4. The molecule has 0 radical (unpaired) electrons. The fourth-order valence-electron chi connectivity index (χ4n) is 2.18. The van der Waals surface area contributed by atoms with Gasteiger partial charge in [-0.15, -0.1) is 22.7 Å². The Morgan fingerprint density at radius 2 is 2.32 bits per heavy atom. The zero-order chi connectivity index (χ0) is 13.2. The van der Waals surface area contributed by atoms with E-state index in [1.54, 1.807) is 22.7 Å². The molecule has 2 aromatic heterocycles. The van der Waals surface area contributed by atoms with E-state index in [0.717, 1.165) is 41.1 Å². The second-order valence-corrected chi connectivity index (χ2v) is 7.17. The van der Waals surface area contributed by atoms with Crippen LogP contribution in [0.4, 0.5) is 0 Å². The molecule has 19 heavy (non-hydrogen) atoms. The SMILES string of the molecule is O=C1CCCN1CCc1nc(-c2sccc2Br)cs1. The van der Waals surface area contributed by atoms with Crippen LogP contribution in [0.25, 0.3) is 10.6 Å². The maximum absolute atomic E-state index is 11.5. The number of hydrogen-bond donors (Lipinski definition) is 0. The van der Waals surface area contributed by atoms with Crippen LogP contribution in [0.3, 0.4) is 0 Å². The lowest BCUT2D eigenvalue weighted by Gasteiger charge is -2.13. The third-order valence-electron chi connectivity index (χ3n) is 3.17. The van der Waals surface area contributed by atoms with Gasteiger partial charge in [0.2, 0.25) is 5.91 Å². The summed E-state index contributed by atoms with van der Waals surface area (Å²) in [5, 5.41) is 5.26. The van der Waals surface area contributed by atoms with Crippen molar-refractivity contribution in [1.29, 1.82) is 0 Å². The van der Waals surface area contributed by atoms with E-state index in [2.05, 4.69) is 31.7 Å². The van der Waals surface area contributed by atoms with E-state index in [9.17, 15) is 4.79 Å². The summed E-state index contributed by atoms with van der Waals surface area (Å²) in [6.45, 7) is 1.71. The first-order valence-electron chi connectivity index (χ1n) is 6.19. The number of rotatable bonds is 4. The Bertz CT molecular complexity index is 593. The van der Waals surface area contributed by atoms with Crippen molar-refractivity contribution in [3.63, 3.8) is 0 Å². The molecule has 0 aliphatic carbocycles. The molecule has 0 aromatic carbocycles.